The topological polar surface area (TPSA) is 117 Å². The SMILES string of the molecule is COC(=O)CCCCCc1cc(Cl)cc(OC[C@H](CCC(N)=O)NC(=O)OC(C)(C)C)c1F. The number of nitrogens with one attached hydrogen (secondary N) is 1. The first kappa shape index (κ1) is 28.5. The van der Waals surface area contributed by atoms with Crippen LogP contribution in [0.4, 0.5) is 9.18 Å². The molecule has 1 aromatic carbocycles. The van der Waals surface area contributed by atoms with E-state index in [4.69, 9.17) is 26.8 Å². The smallest absolute Gasteiger partial charge is 0.407 e. The molecule has 10 heteroatoms. The van der Waals surface area contributed by atoms with Crippen molar-refractivity contribution >= 4 is 29.6 Å². The maximum absolute atomic E-state index is 15.0. The lowest BCUT2D eigenvalue weighted by molar-refractivity contribution is -0.140. The zero-order valence-corrected chi connectivity index (χ0v) is 20.4. The third kappa shape index (κ3) is 12.3. The summed E-state index contributed by atoms with van der Waals surface area (Å²) < 4.78 is 30.4. The summed E-state index contributed by atoms with van der Waals surface area (Å²) >= 11 is 6.14. The monoisotopic (exact) mass is 488 g/mol. The van der Waals surface area contributed by atoms with Crippen molar-refractivity contribution in [2.24, 2.45) is 5.73 Å². The Morgan fingerprint density at radius 2 is 1.85 bits per heavy atom. The highest BCUT2D eigenvalue weighted by Crippen LogP contribution is 2.28. The number of unbranched alkanes of at least 4 members (excludes halogenated alkanes) is 2. The molecule has 3 N–H and O–H groups in total. The van der Waals surface area contributed by atoms with Gasteiger partial charge in [-0.3, -0.25) is 9.59 Å². The molecule has 0 aromatic heterocycles. The molecular weight excluding hydrogens is 455 g/mol. The van der Waals surface area contributed by atoms with E-state index < -0.39 is 29.5 Å². The number of carbonyl (C=O) groups excluding carboxylic acids is 3. The molecule has 0 heterocycles. The lowest BCUT2D eigenvalue weighted by Gasteiger charge is -2.24. The molecule has 0 aliphatic heterocycles. The Morgan fingerprint density at radius 1 is 1.15 bits per heavy atom. The molecule has 1 rings (SSSR count). The van der Waals surface area contributed by atoms with Gasteiger partial charge < -0.3 is 25.3 Å². The van der Waals surface area contributed by atoms with Crippen molar-refractivity contribution in [2.75, 3.05) is 13.7 Å². The van der Waals surface area contributed by atoms with E-state index in [0.717, 1.165) is 6.42 Å². The van der Waals surface area contributed by atoms with E-state index in [1.165, 1.54) is 19.2 Å². The number of rotatable bonds is 13. The van der Waals surface area contributed by atoms with Crippen molar-refractivity contribution in [3.8, 4) is 5.75 Å². The maximum atomic E-state index is 15.0. The molecule has 0 bridgehead atoms. The zero-order chi connectivity index (χ0) is 25.0. The summed E-state index contributed by atoms with van der Waals surface area (Å²) in [6.45, 7) is 5.06. The molecule has 8 nitrogen and oxygen atoms in total. The van der Waals surface area contributed by atoms with E-state index in [1.807, 2.05) is 0 Å². The van der Waals surface area contributed by atoms with Crippen LogP contribution >= 0.6 is 11.6 Å². The fourth-order valence-corrected chi connectivity index (χ4v) is 3.18. The maximum Gasteiger partial charge on any atom is 0.407 e. The van der Waals surface area contributed by atoms with Crippen LogP contribution in [0.5, 0.6) is 5.75 Å². The highest BCUT2D eigenvalue weighted by Gasteiger charge is 2.21. The molecule has 0 aliphatic carbocycles. The Bertz CT molecular complexity index is 813. The molecule has 0 saturated heterocycles. The number of amides is 2. The minimum atomic E-state index is -0.704. The standard InChI is InChI=1S/C23H34ClFN2O6/c1-23(2,3)33-22(30)27-17(10-11-19(26)28)14-32-18-13-16(24)12-15(21(18)25)8-6-5-7-9-20(29)31-4/h12-13,17H,5-11,14H2,1-4H3,(H2,26,28)(H,27,30)/t17-/m0/s1. The molecule has 2 amide bonds. The highest BCUT2D eigenvalue weighted by molar-refractivity contribution is 6.30. The Balaban J connectivity index is 2.76. The fourth-order valence-electron chi connectivity index (χ4n) is 2.95. The van der Waals surface area contributed by atoms with E-state index in [-0.39, 0.29) is 31.2 Å². The van der Waals surface area contributed by atoms with Gasteiger partial charge in [0.05, 0.1) is 13.2 Å². The van der Waals surface area contributed by atoms with Crippen molar-refractivity contribution in [3.05, 3.63) is 28.5 Å². The molecule has 0 radical (unpaired) electrons. The number of halogens is 2. The number of alkyl carbamates (subject to hydrolysis) is 1. The average molecular weight is 489 g/mol. The number of benzene rings is 1. The molecule has 1 atom stereocenters. The minimum absolute atomic E-state index is 0.0126. The summed E-state index contributed by atoms with van der Waals surface area (Å²) in [4.78, 5) is 34.4. The molecular formula is C23H34ClFN2O6. The van der Waals surface area contributed by atoms with E-state index >= 15 is 0 Å². The molecule has 186 valence electrons. The summed E-state index contributed by atoms with van der Waals surface area (Å²) in [7, 11) is 1.34. The van der Waals surface area contributed by atoms with Gasteiger partial charge in [0.25, 0.3) is 0 Å². The van der Waals surface area contributed by atoms with E-state index in [2.05, 4.69) is 10.1 Å². The number of hydrogen-bond donors (Lipinski definition) is 2. The zero-order valence-electron chi connectivity index (χ0n) is 19.7. The van der Waals surface area contributed by atoms with Crippen LogP contribution in [0.1, 0.15) is 64.9 Å². The predicted octanol–water partition coefficient (Wildman–Crippen LogP) is 4.29. The van der Waals surface area contributed by atoms with Crippen LogP contribution in [0, 0.1) is 5.82 Å². The third-order valence-electron chi connectivity index (χ3n) is 4.53. The molecule has 0 saturated carbocycles. The minimum Gasteiger partial charge on any atom is -0.488 e. The number of ether oxygens (including phenoxy) is 3. The van der Waals surface area contributed by atoms with Gasteiger partial charge in [-0.25, -0.2) is 9.18 Å². The van der Waals surface area contributed by atoms with E-state index in [9.17, 15) is 18.8 Å². The van der Waals surface area contributed by atoms with Gasteiger partial charge in [0.1, 0.15) is 12.2 Å². The largest absolute Gasteiger partial charge is 0.488 e. The van der Waals surface area contributed by atoms with Crippen LogP contribution in [0.25, 0.3) is 0 Å². The second-order valence-corrected chi connectivity index (χ2v) is 9.11. The van der Waals surface area contributed by atoms with Crippen molar-refractivity contribution in [1.82, 2.24) is 5.32 Å². The second kappa shape index (κ2) is 13.9. The van der Waals surface area contributed by atoms with Gasteiger partial charge in [-0.1, -0.05) is 18.0 Å². The number of carbonyl (C=O) groups is 3. The summed E-state index contributed by atoms with van der Waals surface area (Å²) in [6.07, 6.45) is 2.31. The third-order valence-corrected chi connectivity index (χ3v) is 4.75. The van der Waals surface area contributed by atoms with Crippen LogP contribution in [-0.4, -0.2) is 43.3 Å². The Hall–Kier alpha value is -2.55. The van der Waals surface area contributed by atoms with Crippen molar-refractivity contribution in [1.29, 1.82) is 0 Å². The van der Waals surface area contributed by atoms with E-state index in [0.29, 0.717) is 36.3 Å². The van der Waals surface area contributed by atoms with Crippen LogP contribution in [-0.2, 0) is 25.5 Å². The first-order chi connectivity index (χ1) is 15.4. The quantitative estimate of drug-likeness (QED) is 0.316. The fraction of sp³-hybridized carbons (Fsp3) is 0.609. The molecule has 0 unspecified atom stereocenters. The molecule has 33 heavy (non-hydrogen) atoms. The first-order valence-electron chi connectivity index (χ1n) is 10.9. The summed E-state index contributed by atoms with van der Waals surface area (Å²) in [5.41, 5.74) is 4.90. The van der Waals surface area contributed by atoms with E-state index in [1.54, 1.807) is 20.8 Å². The number of methoxy groups -OCH3 is 1. The van der Waals surface area contributed by atoms with Crippen LogP contribution in [0.15, 0.2) is 12.1 Å². The Labute approximate surface area is 199 Å². The van der Waals surface area contributed by atoms with Gasteiger partial charge in [0, 0.05) is 23.9 Å². The molecule has 0 aliphatic rings. The average Bonchev–Trinajstić information content (AvgIpc) is 2.70. The van der Waals surface area contributed by atoms with Crippen molar-refractivity contribution < 1.29 is 33.0 Å². The van der Waals surface area contributed by atoms with Gasteiger partial charge in [0.2, 0.25) is 5.91 Å². The summed E-state index contributed by atoms with van der Waals surface area (Å²) in [5, 5.41) is 2.93. The number of aryl methyl sites for hydroxylation is 1. The normalized spacial score (nSPS) is 12.1. The summed E-state index contributed by atoms with van der Waals surface area (Å²) in [5.74, 6) is -1.40. The van der Waals surface area contributed by atoms with Gasteiger partial charge in [-0.2, -0.15) is 0 Å². The van der Waals surface area contributed by atoms with Gasteiger partial charge in [-0.05, 0) is 58.1 Å². The van der Waals surface area contributed by atoms with Crippen LogP contribution in [0.3, 0.4) is 0 Å². The lowest BCUT2D eigenvalue weighted by atomic mass is 10.0. The summed E-state index contributed by atoms with van der Waals surface area (Å²) in [6, 6.07) is 2.26. The molecule has 0 spiro atoms. The van der Waals surface area contributed by atoms with Crippen LogP contribution < -0.4 is 15.8 Å². The first-order valence-corrected chi connectivity index (χ1v) is 11.2. The highest BCUT2D eigenvalue weighted by atomic mass is 35.5. The molecule has 0 fully saturated rings. The van der Waals surface area contributed by atoms with Gasteiger partial charge in [-0.15, -0.1) is 0 Å². The molecule has 1 aromatic rings. The number of nitrogens with two attached hydrogens (primary N) is 1. The number of hydrogen-bond acceptors (Lipinski definition) is 6. The number of esters is 1. The van der Waals surface area contributed by atoms with Crippen molar-refractivity contribution in [3.63, 3.8) is 0 Å². The predicted molar refractivity (Wildman–Crippen MR) is 123 cm³/mol. The van der Waals surface area contributed by atoms with Crippen LogP contribution in [0.2, 0.25) is 5.02 Å². The number of primary amides is 1. The second-order valence-electron chi connectivity index (χ2n) is 8.67. The Kier molecular flexibility index (Phi) is 12.0. The van der Waals surface area contributed by atoms with Gasteiger partial charge in [0.15, 0.2) is 11.6 Å². The lowest BCUT2D eigenvalue weighted by Crippen LogP contribution is -2.42. The van der Waals surface area contributed by atoms with Crippen molar-refractivity contribution in [2.45, 2.75) is 77.4 Å². The Morgan fingerprint density at radius 3 is 2.45 bits per heavy atom. The van der Waals surface area contributed by atoms with Gasteiger partial charge >= 0.3 is 12.1 Å².